The van der Waals surface area contributed by atoms with Crippen LogP contribution in [0.15, 0.2) is 55.1 Å². The summed E-state index contributed by atoms with van der Waals surface area (Å²) in [6, 6.07) is 12.0. The topological polar surface area (TPSA) is 73.9 Å². The van der Waals surface area contributed by atoms with Gasteiger partial charge in [0.1, 0.15) is 0 Å². The zero-order valence-electron chi connectivity index (χ0n) is 16.2. The van der Waals surface area contributed by atoms with Crippen LogP contribution in [-0.2, 0) is 16.0 Å². The van der Waals surface area contributed by atoms with Crippen LogP contribution in [0.5, 0.6) is 11.5 Å². The average molecular weight is 383 g/mol. The molecule has 0 atom stereocenters. The standard InChI is InChI=1S/C22H25NO5/c1-4-6-16-7-12-19(20(14-16)26-3)28-15-21(24)23-18-10-8-17(9-11-18)22(25)27-13-5-2/h4,7-12,14H,1,5-6,13,15H2,2-3H3,(H,23,24). The van der Waals surface area contributed by atoms with E-state index in [9.17, 15) is 9.59 Å². The quantitative estimate of drug-likeness (QED) is 0.496. The third kappa shape index (κ3) is 6.16. The van der Waals surface area contributed by atoms with Crippen LogP contribution in [-0.4, -0.2) is 32.2 Å². The van der Waals surface area contributed by atoms with Crippen molar-refractivity contribution in [3.8, 4) is 11.5 Å². The summed E-state index contributed by atoms with van der Waals surface area (Å²) in [5, 5.41) is 2.72. The lowest BCUT2D eigenvalue weighted by atomic mass is 10.1. The van der Waals surface area contributed by atoms with E-state index < -0.39 is 0 Å². The molecule has 2 aromatic rings. The van der Waals surface area contributed by atoms with Gasteiger partial charge in [0.15, 0.2) is 18.1 Å². The fourth-order valence-electron chi connectivity index (χ4n) is 2.43. The molecule has 6 heteroatoms. The molecule has 6 nitrogen and oxygen atoms in total. The van der Waals surface area contributed by atoms with E-state index in [1.54, 1.807) is 43.5 Å². The van der Waals surface area contributed by atoms with Gasteiger partial charge in [-0.25, -0.2) is 4.79 Å². The van der Waals surface area contributed by atoms with Crippen LogP contribution in [0.2, 0.25) is 0 Å². The first kappa shape index (κ1) is 21.0. The van der Waals surface area contributed by atoms with Gasteiger partial charge in [0, 0.05) is 5.69 Å². The van der Waals surface area contributed by atoms with Crippen LogP contribution in [0.1, 0.15) is 29.3 Å². The van der Waals surface area contributed by atoms with Gasteiger partial charge in [-0.15, -0.1) is 6.58 Å². The van der Waals surface area contributed by atoms with Gasteiger partial charge in [-0.05, 0) is 54.8 Å². The van der Waals surface area contributed by atoms with Crippen LogP contribution in [0.4, 0.5) is 5.69 Å². The minimum absolute atomic E-state index is 0.169. The van der Waals surface area contributed by atoms with Crippen molar-refractivity contribution in [2.75, 3.05) is 25.6 Å². The normalized spacial score (nSPS) is 10.1. The molecule has 0 saturated carbocycles. The fraction of sp³-hybridized carbons (Fsp3) is 0.273. The Kier molecular flexibility index (Phi) is 8.09. The highest BCUT2D eigenvalue weighted by Crippen LogP contribution is 2.28. The number of nitrogens with one attached hydrogen (secondary N) is 1. The number of methoxy groups -OCH3 is 1. The molecule has 0 bridgehead atoms. The fourth-order valence-corrected chi connectivity index (χ4v) is 2.43. The first-order valence-electron chi connectivity index (χ1n) is 9.05. The van der Waals surface area contributed by atoms with Crippen molar-refractivity contribution < 1.29 is 23.8 Å². The predicted molar refractivity (Wildman–Crippen MR) is 108 cm³/mol. The Morgan fingerprint density at radius 1 is 1.11 bits per heavy atom. The zero-order valence-corrected chi connectivity index (χ0v) is 16.2. The molecule has 0 aliphatic heterocycles. The maximum Gasteiger partial charge on any atom is 0.338 e. The number of anilines is 1. The second kappa shape index (κ2) is 10.8. The smallest absolute Gasteiger partial charge is 0.338 e. The minimum Gasteiger partial charge on any atom is -0.493 e. The number of hydrogen-bond acceptors (Lipinski definition) is 5. The molecule has 1 amide bonds. The van der Waals surface area contributed by atoms with E-state index >= 15 is 0 Å². The Morgan fingerprint density at radius 2 is 1.86 bits per heavy atom. The molecule has 2 rings (SSSR count). The van der Waals surface area contributed by atoms with Crippen molar-refractivity contribution in [1.82, 2.24) is 0 Å². The van der Waals surface area contributed by atoms with Crippen LogP contribution in [0.25, 0.3) is 0 Å². The molecule has 0 aliphatic rings. The van der Waals surface area contributed by atoms with Crippen molar-refractivity contribution in [2.45, 2.75) is 19.8 Å². The van der Waals surface area contributed by atoms with E-state index in [1.807, 2.05) is 19.1 Å². The summed E-state index contributed by atoms with van der Waals surface area (Å²) < 4.78 is 15.9. The van der Waals surface area contributed by atoms with Crippen molar-refractivity contribution in [2.24, 2.45) is 0 Å². The first-order valence-corrected chi connectivity index (χ1v) is 9.05. The highest BCUT2D eigenvalue weighted by Gasteiger charge is 2.10. The molecule has 0 unspecified atom stereocenters. The third-order valence-electron chi connectivity index (χ3n) is 3.81. The Hall–Kier alpha value is -3.28. The number of hydrogen-bond donors (Lipinski definition) is 1. The predicted octanol–water partition coefficient (Wildman–Crippen LogP) is 4.01. The number of allylic oxidation sites excluding steroid dienone is 1. The minimum atomic E-state index is -0.380. The number of carbonyl (C=O) groups excluding carboxylic acids is 2. The highest BCUT2D eigenvalue weighted by atomic mass is 16.5. The van der Waals surface area contributed by atoms with Gasteiger partial charge in [0.25, 0.3) is 5.91 Å². The van der Waals surface area contributed by atoms with Gasteiger partial charge in [0.05, 0.1) is 19.3 Å². The zero-order chi connectivity index (χ0) is 20.4. The maximum absolute atomic E-state index is 12.1. The Labute approximate surface area is 165 Å². The Balaban J connectivity index is 1.90. The molecule has 0 heterocycles. The van der Waals surface area contributed by atoms with Gasteiger partial charge < -0.3 is 19.5 Å². The molecular formula is C22H25NO5. The van der Waals surface area contributed by atoms with Gasteiger partial charge in [-0.1, -0.05) is 19.1 Å². The Bertz CT molecular complexity index is 814. The molecule has 2 aromatic carbocycles. The lowest BCUT2D eigenvalue weighted by Gasteiger charge is -2.12. The molecule has 1 N–H and O–H groups in total. The summed E-state index contributed by atoms with van der Waals surface area (Å²) in [7, 11) is 1.55. The van der Waals surface area contributed by atoms with Gasteiger partial charge >= 0.3 is 5.97 Å². The van der Waals surface area contributed by atoms with Gasteiger partial charge in [0.2, 0.25) is 0 Å². The van der Waals surface area contributed by atoms with E-state index in [4.69, 9.17) is 14.2 Å². The lowest BCUT2D eigenvalue weighted by Crippen LogP contribution is -2.20. The molecular weight excluding hydrogens is 358 g/mol. The van der Waals surface area contributed by atoms with E-state index in [1.165, 1.54) is 0 Å². The van der Waals surface area contributed by atoms with Crippen molar-refractivity contribution >= 4 is 17.6 Å². The highest BCUT2D eigenvalue weighted by molar-refractivity contribution is 5.93. The number of ether oxygens (including phenoxy) is 3. The number of esters is 1. The van der Waals surface area contributed by atoms with Crippen molar-refractivity contribution in [3.05, 3.63) is 66.2 Å². The van der Waals surface area contributed by atoms with Gasteiger partial charge in [-0.3, -0.25) is 4.79 Å². The summed E-state index contributed by atoms with van der Waals surface area (Å²) in [6.07, 6.45) is 3.29. The average Bonchev–Trinajstić information content (AvgIpc) is 2.71. The van der Waals surface area contributed by atoms with Crippen LogP contribution in [0, 0.1) is 0 Å². The summed E-state index contributed by atoms with van der Waals surface area (Å²) in [5.74, 6) is 0.343. The van der Waals surface area contributed by atoms with E-state index in [0.29, 0.717) is 29.4 Å². The lowest BCUT2D eigenvalue weighted by molar-refractivity contribution is -0.118. The summed E-state index contributed by atoms with van der Waals surface area (Å²) >= 11 is 0. The number of carbonyl (C=O) groups is 2. The molecule has 0 radical (unpaired) electrons. The Morgan fingerprint density at radius 3 is 2.50 bits per heavy atom. The van der Waals surface area contributed by atoms with E-state index in [0.717, 1.165) is 18.4 Å². The first-order chi connectivity index (χ1) is 13.6. The molecule has 148 valence electrons. The number of benzene rings is 2. The van der Waals surface area contributed by atoms with Crippen LogP contribution in [0.3, 0.4) is 0 Å². The summed E-state index contributed by atoms with van der Waals surface area (Å²) in [6.45, 7) is 5.85. The molecule has 0 spiro atoms. The summed E-state index contributed by atoms with van der Waals surface area (Å²) in [5.41, 5.74) is 2.04. The second-order valence-electron chi connectivity index (χ2n) is 6.03. The summed E-state index contributed by atoms with van der Waals surface area (Å²) in [4.78, 5) is 23.9. The molecule has 0 fully saturated rings. The largest absolute Gasteiger partial charge is 0.493 e. The van der Waals surface area contributed by atoms with Gasteiger partial charge in [-0.2, -0.15) is 0 Å². The molecule has 0 saturated heterocycles. The molecule has 28 heavy (non-hydrogen) atoms. The molecule has 0 aromatic heterocycles. The van der Waals surface area contributed by atoms with Crippen LogP contribution < -0.4 is 14.8 Å². The van der Waals surface area contributed by atoms with Crippen molar-refractivity contribution in [1.29, 1.82) is 0 Å². The second-order valence-corrected chi connectivity index (χ2v) is 6.03. The maximum atomic E-state index is 12.1. The van der Waals surface area contributed by atoms with Crippen LogP contribution >= 0.6 is 0 Å². The van der Waals surface area contributed by atoms with Crippen molar-refractivity contribution in [3.63, 3.8) is 0 Å². The van der Waals surface area contributed by atoms with E-state index in [-0.39, 0.29) is 18.5 Å². The third-order valence-corrected chi connectivity index (χ3v) is 3.81. The SMILES string of the molecule is C=CCc1ccc(OCC(=O)Nc2ccc(C(=O)OCCC)cc2)c(OC)c1. The molecule has 0 aliphatic carbocycles. The number of amides is 1. The van der Waals surface area contributed by atoms with E-state index in [2.05, 4.69) is 11.9 Å². The monoisotopic (exact) mass is 383 g/mol. The number of rotatable bonds is 10.